The molecule has 0 aliphatic heterocycles. The summed E-state index contributed by atoms with van der Waals surface area (Å²) in [5, 5.41) is 2.84. The molecule has 0 bridgehead atoms. The quantitative estimate of drug-likeness (QED) is 0.795. The van der Waals surface area contributed by atoms with Gasteiger partial charge < -0.3 is 5.32 Å². The lowest BCUT2D eigenvalue weighted by Gasteiger charge is -2.11. The van der Waals surface area contributed by atoms with Gasteiger partial charge in [0.25, 0.3) is 5.91 Å². The van der Waals surface area contributed by atoms with Crippen LogP contribution in [0.2, 0.25) is 0 Å². The maximum Gasteiger partial charge on any atom is 0.265 e. The molecular formula is C18H24N2O3S2. The molecule has 0 saturated heterocycles. The Balaban J connectivity index is 2.16. The van der Waals surface area contributed by atoms with E-state index in [0.717, 1.165) is 23.6 Å². The van der Waals surface area contributed by atoms with Crippen LogP contribution in [0.1, 0.15) is 40.4 Å². The topological polar surface area (TPSA) is 66.5 Å². The standard InChI is InChI=1S/C18H24N2O3S2/c1-5-7-16-13(6-2)12-17(24-16)18(21)19-14-8-10-15(11-9-14)25(22,23)20(3)4/h8-12H,5-7H2,1-4H3,(H,19,21). The largest absolute Gasteiger partial charge is 0.321 e. The molecule has 0 saturated carbocycles. The summed E-state index contributed by atoms with van der Waals surface area (Å²) in [4.78, 5) is 14.6. The molecule has 1 aromatic heterocycles. The normalized spacial score (nSPS) is 11.7. The van der Waals surface area contributed by atoms with Gasteiger partial charge in [-0.15, -0.1) is 11.3 Å². The fourth-order valence-electron chi connectivity index (χ4n) is 2.43. The molecular weight excluding hydrogens is 356 g/mol. The monoisotopic (exact) mass is 380 g/mol. The van der Waals surface area contributed by atoms with E-state index in [2.05, 4.69) is 19.2 Å². The predicted molar refractivity (Wildman–Crippen MR) is 103 cm³/mol. The van der Waals surface area contributed by atoms with Crippen molar-refractivity contribution in [2.75, 3.05) is 19.4 Å². The first-order valence-corrected chi connectivity index (χ1v) is 10.5. The van der Waals surface area contributed by atoms with E-state index in [1.54, 1.807) is 12.1 Å². The highest BCUT2D eigenvalue weighted by molar-refractivity contribution is 7.89. The van der Waals surface area contributed by atoms with Crippen LogP contribution >= 0.6 is 11.3 Å². The van der Waals surface area contributed by atoms with Crippen molar-refractivity contribution in [1.82, 2.24) is 4.31 Å². The third kappa shape index (κ3) is 4.48. The van der Waals surface area contributed by atoms with E-state index in [9.17, 15) is 13.2 Å². The molecule has 0 fully saturated rings. The molecule has 1 aromatic carbocycles. The molecule has 2 aromatic rings. The molecule has 1 N–H and O–H groups in total. The third-order valence-electron chi connectivity index (χ3n) is 3.87. The van der Waals surface area contributed by atoms with Crippen molar-refractivity contribution in [3.05, 3.63) is 45.6 Å². The van der Waals surface area contributed by atoms with Gasteiger partial charge in [0, 0.05) is 24.7 Å². The van der Waals surface area contributed by atoms with Gasteiger partial charge in [0.05, 0.1) is 9.77 Å². The van der Waals surface area contributed by atoms with Crippen LogP contribution in [0.3, 0.4) is 0 Å². The first-order valence-electron chi connectivity index (χ1n) is 8.25. The van der Waals surface area contributed by atoms with E-state index in [1.165, 1.54) is 48.0 Å². The Kier molecular flexibility index (Phi) is 6.37. The average molecular weight is 381 g/mol. The van der Waals surface area contributed by atoms with Gasteiger partial charge >= 0.3 is 0 Å². The second-order valence-electron chi connectivity index (χ2n) is 5.93. The van der Waals surface area contributed by atoms with E-state index >= 15 is 0 Å². The van der Waals surface area contributed by atoms with Crippen molar-refractivity contribution in [1.29, 1.82) is 0 Å². The molecule has 1 amide bonds. The number of amides is 1. The number of nitrogens with one attached hydrogen (secondary N) is 1. The summed E-state index contributed by atoms with van der Waals surface area (Å²) in [5.41, 5.74) is 1.80. The number of hydrogen-bond acceptors (Lipinski definition) is 4. The van der Waals surface area contributed by atoms with Crippen LogP contribution in [0.4, 0.5) is 5.69 Å². The van der Waals surface area contributed by atoms with Crippen LogP contribution in [0, 0.1) is 0 Å². The van der Waals surface area contributed by atoms with Gasteiger partial charge in [0.1, 0.15) is 0 Å². The Labute approximate surface area is 153 Å². The highest BCUT2D eigenvalue weighted by Crippen LogP contribution is 2.26. The molecule has 2 rings (SSSR count). The Morgan fingerprint density at radius 3 is 2.32 bits per heavy atom. The van der Waals surface area contributed by atoms with Crippen LogP contribution in [0.15, 0.2) is 35.2 Å². The molecule has 5 nitrogen and oxygen atoms in total. The molecule has 0 aliphatic rings. The fraction of sp³-hybridized carbons (Fsp3) is 0.389. The Morgan fingerprint density at radius 2 is 1.80 bits per heavy atom. The summed E-state index contributed by atoms with van der Waals surface area (Å²) >= 11 is 1.53. The zero-order chi connectivity index (χ0) is 18.6. The van der Waals surface area contributed by atoms with Gasteiger partial charge in [-0.1, -0.05) is 20.3 Å². The predicted octanol–water partition coefficient (Wildman–Crippen LogP) is 3.77. The summed E-state index contributed by atoms with van der Waals surface area (Å²) in [6, 6.07) is 8.17. The minimum atomic E-state index is -3.46. The molecule has 0 atom stereocenters. The van der Waals surface area contributed by atoms with Crippen molar-refractivity contribution in [2.24, 2.45) is 0 Å². The molecule has 25 heavy (non-hydrogen) atoms. The number of thiophene rings is 1. The molecule has 0 aliphatic carbocycles. The number of carbonyl (C=O) groups excluding carboxylic acids is 1. The number of carbonyl (C=O) groups is 1. The summed E-state index contributed by atoms with van der Waals surface area (Å²) < 4.78 is 25.3. The third-order valence-corrected chi connectivity index (χ3v) is 6.93. The second kappa shape index (κ2) is 8.12. The Hall–Kier alpha value is -1.70. The fourth-order valence-corrected chi connectivity index (χ4v) is 4.58. The highest BCUT2D eigenvalue weighted by atomic mass is 32.2. The van der Waals surface area contributed by atoms with Crippen LogP contribution in [0.25, 0.3) is 0 Å². The SMILES string of the molecule is CCCc1sc(C(=O)Nc2ccc(S(=O)(=O)N(C)C)cc2)cc1CC. The zero-order valence-electron chi connectivity index (χ0n) is 15.0. The van der Waals surface area contributed by atoms with Crippen molar-refractivity contribution in [2.45, 2.75) is 38.0 Å². The maximum atomic E-state index is 12.5. The lowest BCUT2D eigenvalue weighted by atomic mass is 10.1. The number of nitrogens with zero attached hydrogens (tertiary/aromatic N) is 1. The van der Waals surface area contributed by atoms with Gasteiger partial charge in [0.2, 0.25) is 10.0 Å². The van der Waals surface area contributed by atoms with E-state index in [-0.39, 0.29) is 10.8 Å². The smallest absolute Gasteiger partial charge is 0.265 e. The minimum Gasteiger partial charge on any atom is -0.321 e. The average Bonchev–Trinajstić information content (AvgIpc) is 2.99. The lowest BCUT2D eigenvalue weighted by Crippen LogP contribution is -2.22. The summed E-state index contributed by atoms with van der Waals surface area (Å²) in [5.74, 6) is -0.162. The number of aryl methyl sites for hydroxylation is 2. The number of benzene rings is 1. The summed E-state index contributed by atoms with van der Waals surface area (Å²) in [6.07, 6.45) is 2.95. The van der Waals surface area contributed by atoms with E-state index in [4.69, 9.17) is 0 Å². The summed E-state index contributed by atoms with van der Waals surface area (Å²) in [7, 11) is -0.489. The molecule has 0 unspecified atom stereocenters. The number of hydrogen-bond donors (Lipinski definition) is 1. The van der Waals surface area contributed by atoms with E-state index in [1.807, 2.05) is 6.07 Å². The van der Waals surface area contributed by atoms with Gasteiger partial charge in [0.15, 0.2) is 0 Å². The van der Waals surface area contributed by atoms with Gasteiger partial charge in [-0.05, 0) is 48.7 Å². The molecule has 1 heterocycles. The van der Waals surface area contributed by atoms with Gasteiger partial charge in [-0.3, -0.25) is 4.79 Å². The Morgan fingerprint density at radius 1 is 1.16 bits per heavy atom. The number of rotatable bonds is 7. The van der Waals surface area contributed by atoms with Crippen molar-refractivity contribution < 1.29 is 13.2 Å². The van der Waals surface area contributed by atoms with Crippen molar-refractivity contribution in [3.8, 4) is 0 Å². The van der Waals surface area contributed by atoms with Crippen molar-refractivity contribution in [3.63, 3.8) is 0 Å². The highest BCUT2D eigenvalue weighted by Gasteiger charge is 2.17. The lowest BCUT2D eigenvalue weighted by molar-refractivity contribution is 0.103. The first-order chi connectivity index (χ1) is 11.8. The van der Waals surface area contributed by atoms with Gasteiger partial charge in [-0.2, -0.15) is 0 Å². The van der Waals surface area contributed by atoms with Gasteiger partial charge in [-0.25, -0.2) is 12.7 Å². The van der Waals surface area contributed by atoms with Crippen molar-refractivity contribution >= 4 is 33.0 Å². The van der Waals surface area contributed by atoms with Crippen LogP contribution in [0.5, 0.6) is 0 Å². The first kappa shape index (κ1) is 19.6. The Bertz CT molecular complexity index is 838. The molecule has 7 heteroatoms. The van der Waals surface area contributed by atoms with E-state index in [0.29, 0.717) is 10.6 Å². The number of sulfonamides is 1. The van der Waals surface area contributed by atoms with E-state index < -0.39 is 10.0 Å². The molecule has 0 radical (unpaired) electrons. The van der Waals surface area contributed by atoms with Crippen LogP contribution in [-0.2, 0) is 22.9 Å². The maximum absolute atomic E-state index is 12.5. The van der Waals surface area contributed by atoms with Crippen LogP contribution < -0.4 is 5.32 Å². The number of anilines is 1. The summed E-state index contributed by atoms with van der Waals surface area (Å²) in [6.45, 7) is 4.22. The molecule has 0 spiro atoms. The second-order valence-corrected chi connectivity index (χ2v) is 9.22. The molecule has 136 valence electrons. The minimum absolute atomic E-state index is 0.162. The zero-order valence-corrected chi connectivity index (χ0v) is 16.6. The van der Waals surface area contributed by atoms with Crippen LogP contribution in [-0.4, -0.2) is 32.7 Å².